The van der Waals surface area contributed by atoms with Crippen LogP contribution in [-0.2, 0) is 4.74 Å². The number of aromatic amines is 1. The lowest BCUT2D eigenvalue weighted by Gasteiger charge is -2.22. The number of alkyl carbamates (subject to hydrolysis) is 1. The summed E-state index contributed by atoms with van der Waals surface area (Å²) < 4.78 is 5.36. The van der Waals surface area contributed by atoms with Gasteiger partial charge in [-0.2, -0.15) is 11.8 Å². The first-order valence-corrected chi connectivity index (χ1v) is 10.2. The first-order chi connectivity index (χ1) is 12.2. The van der Waals surface area contributed by atoms with Crippen molar-refractivity contribution in [3.05, 3.63) is 41.5 Å². The zero-order valence-corrected chi connectivity index (χ0v) is 17.7. The molecule has 1 heterocycles. The molecule has 0 spiro atoms. The van der Waals surface area contributed by atoms with Crippen molar-refractivity contribution in [3.8, 4) is 0 Å². The van der Waals surface area contributed by atoms with Crippen LogP contribution in [0.15, 0.2) is 35.7 Å². The van der Waals surface area contributed by atoms with Crippen molar-refractivity contribution in [1.29, 1.82) is 0 Å². The summed E-state index contributed by atoms with van der Waals surface area (Å²) in [5.74, 6) is 2.38. The van der Waals surface area contributed by atoms with Gasteiger partial charge in [0.25, 0.3) is 0 Å². The Morgan fingerprint density at radius 2 is 2.08 bits per heavy atom. The molecule has 0 fully saturated rings. The number of nitrogens with one attached hydrogen (secondary N) is 2. The van der Waals surface area contributed by atoms with Gasteiger partial charge >= 0.3 is 6.09 Å². The van der Waals surface area contributed by atoms with Gasteiger partial charge in [-0.05, 0) is 54.4 Å². The third-order valence-corrected chi connectivity index (χ3v) is 4.44. The number of amides is 1. The molecule has 2 N–H and O–H groups in total. The molecule has 0 saturated heterocycles. The van der Waals surface area contributed by atoms with Crippen molar-refractivity contribution < 1.29 is 9.53 Å². The van der Waals surface area contributed by atoms with E-state index in [0.717, 1.165) is 30.2 Å². The highest BCUT2D eigenvalue weighted by Crippen LogP contribution is 2.18. The Labute approximate surface area is 162 Å². The number of hydrogen-bond acceptors (Lipinski definition) is 4. The molecule has 26 heavy (non-hydrogen) atoms. The second-order valence-corrected chi connectivity index (χ2v) is 8.66. The second-order valence-electron chi connectivity index (χ2n) is 7.58. The first kappa shape index (κ1) is 22.4. The van der Waals surface area contributed by atoms with Crippen molar-refractivity contribution in [1.82, 2.24) is 15.3 Å². The standard InChI is InChI=1S/C20H33N3O2S/c1-15(2)8-7-9-16(3)10-13-26-14-17(18-21-11-12-22-18)23-19(24)25-20(4,5)6/h8,10-12,17H,7,9,13-14H2,1-6H3,(H,21,22)(H,23,24). The summed E-state index contributed by atoms with van der Waals surface area (Å²) in [6.45, 7) is 12.0. The summed E-state index contributed by atoms with van der Waals surface area (Å²) in [5.41, 5.74) is 2.24. The summed E-state index contributed by atoms with van der Waals surface area (Å²) in [6.07, 6.45) is 9.73. The van der Waals surface area contributed by atoms with E-state index >= 15 is 0 Å². The molecule has 5 nitrogen and oxygen atoms in total. The van der Waals surface area contributed by atoms with Gasteiger partial charge in [-0.1, -0.05) is 23.3 Å². The maximum atomic E-state index is 12.1. The predicted octanol–water partition coefficient (Wildman–Crippen LogP) is 5.40. The predicted molar refractivity (Wildman–Crippen MR) is 110 cm³/mol. The summed E-state index contributed by atoms with van der Waals surface area (Å²) >= 11 is 1.77. The Hall–Kier alpha value is -1.69. The Morgan fingerprint density at radius 3 is 2.65 bits per heavy atom. The molecule has 1 aromatic rings. The molecule has 1 aromatic heterocycles. The Balaban J connectivity index is 2.49. The van der Waals surface area contributed by atoms with Crippen LogP contribution in [-0.4, -0.2) is 33.2 Å². The Bertz CT molecular complexity index is 597. The SMILES string of the molecule is CC(C)=CCCC(C)=CCSCC(NC(=O)OC(C)(C)C)c1ncc[nH]1. The lowest BCUT2D eigenvalue weighted by molar-refractivity contribution is 0.0507. The minimum absolute atomic E-state index is 0.204. The van der Waals surface area contributed by atoms with Crippen LogP contribution in [0.1, 0.15) is 66.3 Å². The number of nitrogens with zero attached hydrogens (tertiary/aromatic N) is 1. The van der Waals surface area contributed by atoms with Gasteiger partial charge in [-0.25, -0.2) is 9.78 Å². The van der Waals surface area contributed by atoms with Gasteiger partial charge in [0.05, 0.1) is 6.04 Å². The number of hydrogen-bond donors (Lipinski definition) is 2. The topological polar surface area (TPSA) is 67.0 Å². The van der Waals surface area contributed by atoms with Crippen LogP contribution >= 0.6 is 11.8 Å². The van der Waals surface area contributed by atoms with Gasteiger partial charge in [-0.15, -0.1) is 0 Å². The highest BCUT2D eigenvalue weighted by molar-refractivity contribution is 7.99. The van der Waals surface area contributed by atoms with Gasteiger partial charge in [0, 0.05) is 23.9 Å². The van der Waals surface area contributed by atoms with Crippen molar-refractivity contribution in [2.45, 2.75) is 66.0 Å². The number of carbonyl (C=O) groups is 1. The van der Waals surface area contributed by atoms with Gasteiger partial charge in [0.15, 0.2) is 0 Å². The molecule has 1 atom stereocenters. The van der Waals surface area contributed by atoms with Crippen LogP contribution < -0.4 is 5.32 Å². The number of ether oxygens (including phenoxy) is 1. The zero-order valence-electron chi connectivity index (χ0n) is 16.9. The van der Waals surface area contributed by atoms with Crippen LogP contribution in [0.2, 0.25) is 0 Å². The number of rotatable bonds is 9. The summed E-state index contributed by atoms with van der Waals surface area (Å²) in [6, 6.07) is -0.204. The van der Waals surface area contributed by atoms with Gasteiger partial charge in [-0.3, -0.25) is 0 Å². The summed E-state index contributed by atoms with van der Waals surface area (Å²) in [5, 5.41) is 2.91. The minimum atomic E-state index is -0.518. The fourth-order valence-electron chi connectivity index (χ4n) is 2.18. The van der Waals surface area contributed by atoms with Crippen LogP contribution in [0.25, 0.3) is 0 Å². The van der Waals surface area contributed by atoms with Crippen LogP contribution in [0.4, 0.5) is 4.79 Å². The molecule has 0 bridgehead atoms. The van der Waals surface area contributed by atoms with E-state index in [1.807, 2.05) is 20.8 Å². The average molecular weight is 380 g/mol. The molecule has 0 radical (unpaired) electrons. The fourth-order valence-corrected chi connectivity index (χ4v) is 3.20. The van der Waals surface area contributed by atoms with E-state index in [-0.39, 0.29) is 6.04 Å². The summed E-state index contributed by atoms with van der Waals surface area (Å²) in [7, 11) is 0. The molecule has 0 aliphatic rings. The third kappa shape index (κ3) is 10.3. The van der Waals surface area contributed by atoms with Crippen molar-refractivity contribution in [3.63, 3.8) is 0 Å². The van der Waals surface area contributed by atoms with Crippen molar-refractivity contribution >= 4 is 17.9 Å². The zero-order chi connectivity index (χ0) is 19.6. The summed E-state index contributed by atoms with van der Waals surface area (Å²) in [4.78, 5) is 19.4. The number of aromatic nitrogens is 2. The smallest absolute Gasteiger partial charge is 0.408 e. The molecule has 146 valence electrons. The molecule has 0 aliphatic carbocycles. The number of thioether (sulfide) groups is 1. The van der Waals surface area contributed by atoms with E-state index in [9.17, 15) is 4.79 Å². The van der Waals surface area contributed by atoms with Gasteiger partial charge < -0.3 is 15.0 Å². The van der Waals surface area contributed by atoms with E-state index in [2.05, 4.69) is 48.2 Å². The molecule has 1 unspecified atom stereocenters. The Kier molecular flexibility index (Phi) is 9.55. The van der Waals surface area contributed by atoms with Crippen molar-refractivity contribution in [2.75, 3.05) is 11.5 Å². The van der Waals surface area contributed by atoms with Crippen LogP contribution in [0.3, 0.4) is 0 Å². The number of carbonyl (C=O) groups excluding carboxylic acids is 1. The fraction of sp³-hybridized carbons (Fsp3) is 0.600. The number of imidazole rings is 1. The number of H-pyrrole nitrogens is 1. The highest BCUT2D eigenvalue weighted by Gasteiger charge is 2.21. The molecule has 0 saturated carbocycles. The molecule has 1 amide bonds. The molecular formula is C20H33N3O2S. The minimum Gasteiger partial charge on any atom is -0.444 e. The molecule has 6 heteroatoms. The third-order valence-electron chi connectivity index (χ3n) is 3.47. The maximum absolute atomic E-state index is 12.1. The molecule has 1 rings (SSSR count). The largest absolute Gasteiger partial charge is 0.444 e. The quantitative estimate of drug-likeness (QED) is 0.445. The van der Waals surface area contributed by atoms with E-state index in [4.69, 9.17) is 4.74 Å². The Morgan fingerprint density at radius 1 is 1.35 bits per heavy atom. The van der Waals surface area contributed by atoms with E-state index in [1.54, 1.807) is 24.2 Å². The van der Waals surface area contributed by atoms with E-state index in [0.29, 0.717) is 0 Å². The molecule has 0 aliphatic heterocycles. The average Bonchev–Trinajstić information content (AvgIpc) is 3.02. The first-order valence-electron chi connectivity index (χ1n) is 9.03. The van der Waals surface area contributed by atoms with Gasteiger partial charge in [0.2, 0.25) is 0 Å². The molecular weight excluding hydrogens is 346 g/mol. The van der Waals surface area contributed by atoms with Crippen LogP contribution in [0, 0.1) is 0 Å². The lowest BCUT2D eigenvalue weighted by atomic mass is 10.1. The number of allylic oxidation sites excluding steroid dienone is 3. The van der Waals surface area contributed by atoms with Gasteiger partial charge in [0.1, 0.15) is 11.4 Å². The van der Waals surface area contributed by atoms with E-state index in [1.165, 1.54) is 11.1 Å². The van der Waals surface area contributed by atoms with Crippen molar-refractivity contribution in [2.24, 2.45) is 0 Å². The normalized spacial score (nSPS) is 13.2. The van der Waals surface area contributed by atoms with E-state index < -0.39 is 11.7 Å². The lowest BCUT2D eigenvalue weighted by Crippen LogP contribution is -2.36. The second kappa shape index (κ2) is 11.1. The monoisotopic (exact) mass is 379 g/mol. The van der Waals surface area contributed by atoms with Crippen LogP contribution in [0.5, 0.6) is 0 Å². The maximum Gasteiger partial charge on any atom is 0.408 e. The highest BCUT2D eigenvalue weighted by atomic mass is 32.2. The molecule has 0 aromatic carbocycles.